The molecule has 4 rings (SSSR count). The molecule has 2 nitrogen and oxygen atoms in total. The standard InChI is InChI=1S/C22H24N2/c1-15-7-10-19(11-8-15)24-22(18-6-4-5-16(2)13-18)20-12-9-17(3)14-21(20)23-24/h4-8,10-11,13,17H,9,12,14H2,1-3H3. The molecule has 0 spiro atoms. The zero-order valence-electron chi connectivity index (χ0n) is 14.7. The molecule has 24 heavy (non-hydrogen) atoms. The molecule has 0 fully saturated rings. The summed E-state index contributed by atoms with van der Waals surface area (Å²) in [5, 5.41) is 5.02. The summed E-state index contributed by atoms with van der Waals surface area (Å²) in [6.07, 6.45) is 3.48. The first-order valence-electron chi connectivity index (χ1n) is 8.86. The summed E-state index contributed by atoms with van der Waals surface area (Å²) in [4.78, 5) is 0. The number of hydrogen-bond donors (Lipinski definition) is 0. The van der Waals surface area contributed by atoms with E-state index in [9.17, 15) is 0 Å². The van der Waals surface area contributed by atoms with Gasteiger partial charge in [0.1, 0.15) is 0 Å². The number of hydrogen-bond acceptors (Lipinski definition) is 1. The van der Waals surface area contributed by atoms with Gasteiger partial charge in [-0.1, -0.05) is 48.4 Å². The summed E-state index contributed by atoms with van der Waals surface area (Å²) >= 11 is 0. The Balaban J connectivity index is 1.94. The second-order valence-electron chi connectivity index (χ2n) is 7.24. The van der Waals surface area contributed by atoms with Crippen molar-refractivity contribution < 1.29 is 0 Å². The second-order valence-corrected chi connectivity index (χ2v) is 7.24. The highest BCUT2D eigenvalue weighted by Gasteiger charge is 2.25. The summed E-state index contributed by atoms with van der Waals surface area (Å²) in [7, 11) is 0. The lowest BCUT2D eigenvalue weighted by atomic mass is 9.87. The highest BCUT2D eigenvalue weighted by atomic mass is 15.3. The van der Waals surface area contributed by atoms with Crippen molar-refractivity contribution in [3.8, 4) is 16.9 Å². The smallest absolute Gasteiger partial charge is 0.0775 e. The van der Waals surface area contributed by atoms with Crippen LogP contribution in [0.5, 0.6) is 0 Å². The van der Waals surface area contributed by atoms with Gasteiger partial charge in [0.25, 0.3) is 0 Å². The zero-order chi connectivity index (χ0) is 16.7. The number of aromatic nitrogens is 2. The van der Waals surface area contributed by atoms with Crippen molar-refractivity contribution in [2.75, 3.05) is 0 Å². The largest absolute Gasteiger partial charge is 0.233 e. The Morgan fingerprint density at radius 2 is 1.79 bits per heavy atom. The third kappa shape index (κ3) is 2.66. The van der Waals surface area contributed by atoms with Crippen LogP contribution >= 0.6 is 0 Å². The molecule has 0 aliphatic heterocycles. The molecule has 3 aromatic rings. The van der Waals surface area contributed by atoms with Crippen LogP contribution in [0.25, 0.3) is 16.9 Å². The third-order valence-corrected chi connectivity index (χ3v) is 5.07. The molecule has 2 heteroatoms. The van der Waals surface area contributed by atoms with Crippen LogP contribution in [-0.2, 0) is 12.8 Å². The van der Waals surface area contributed by atoms with Crippen LogP contribution in [0.2, 0.25) is 0 Å². The van der Waals surface area contributed by atoms with Crippen molar-refractivity contribution in [3.63, 3.8) is 0 Å². The number of aryl methyl sites for hydroxylation is 2. The van der Waals surface area contributed by atoms with Gasteiger partial charge >= 0.3 is 0 Å². The quantitative estimate of drug-likeness (QED) is 0.629. The minimum atomic E-state index is 0.726. The van der Waals surface area contributed by atoms with Crippen LogP contribution in [-0.4, -0.2) is 9.78 Å². The Hall–Kier alpha value is -2.35. The Morgan fingerprint density at radius 1 is 1.00 bits per heavy atom. The summed E-state index contributed by atoms with van der Waals surface area (Å²) in [6, 6.07) is 17.5. The van der Waals surface area contributed by atoms with Crippen LogP contribution in [0, 0.1) is 19.8 Å². The van der Waals surface area contributed by atoms with Crippen LogP contribution in [0.3, 0.4) is 0 Å². The van der Waals surface area contributed by atoms with Crippen molar-refractivity contribution in [1.29, 1.82) is 0 Å². The van der Waals surface area contributed by atoms with Gasteiger partial charge in [0, 0.05) is 11.1 Å². The fourth-order valence-corrected chi connectivity index (χ4v) is 3.71. The lowest BCUT2D eigenvalue weighted by Crippen LogP contribution is -2.10. The lowest BCUT2D eigenvalue weighted by molar-refractivity contribution is 0.494. The molecule has 0 radical (unpaired) electrons. The summed E-state index contributed by atoms with van der Waals surface area (Å²) in [6.45, 7) is 6.62. The van der Waals surface area contributed by atoms with E-state index >= 15 is 0 Å². The first kappa shape index (κ1) is 15.2. The van der Waals surface area contributed by atoms with E-state index in [0.29, 0.717) is 0 Å². The molecule has 0 amide bonds. The van der Waals surface area contributed by atoms with Crippen molar-refractivity contribution in [2.24, 2.45) is 5.92 Å². The predicted octanol–water partition coefficient (Wildman–Crippen LogP) is 5.28. The van der Waals surface area contributed by atoms with E-state index < -0.39 is 0 Å². The fourth-order valence-electron chi connectivity index (χ4n) is 3.71. The first-order chi connectivity index (χ1) is 11.6. The molecular formula is C22H24N2. The maximum atomic E-state index is 5.02. The van der Waals surface area contributed by atoms with E-state index in [0.717, 1.165) is 24.4 Å². The Labute approximate surface area is 144 Å². The zero-order valence-corrected chi connectivity index (χ0v) is 14.7. The number of benzene rings is 2. The topological polar surface area (TPSA) is 17.8 Å². The van der Waals surface area contributed by atoms with Crippen LogP contribution in [0.4, 0.5) is 0 Å². The number of rotatable bonds is 2. The molecule has 1 atom stereocenters. The monoisotopic (exact) mass is 316 g/mol. The van der Waals surface area contributed by atoms with Gasteiger partial charge in [0.15, 0.2) is 0 Å². The van der Waals surface area contributed by atoms with Crippen molar-refractivity contribution >= 4 is 0 Å². The average Bonchev–Trinajstić information content (AvgIpc) is 2.94. The van der Waals surface area contributed by atoms with E-state index in [4.69, 9.17) is 5.10 Å². The Bertz CT molecular complexity index is 871. The van der Waals surface area contributed by atoms with Gasteiger partial charge in [-0.05, 0) is 57.2 Å². The van der Waals surface area contributed by atoms with E-state index in [2.05, 4.69) is 74.0 Å². The van der Waals surface area contributed by atoms with Gasteiger partial charge in [-0.2, -0.15) is 5.10 Å². The molecule has 1 heterocycles. The van der Waals surface area contributed by atoms with Gasteiger partial charge in [0.2, 0.25) is 0 Å². The molecule has 1 aromatic heterocycles. The van der Waals surface area contributed by atoms with Gasteiger partial charge in [-0.3, -0.25) is 0 Å². The molecule has 0 N–H and O–H groups in total. The Morgan fingerprint density at radius 3 is 2.54 bits per heavy atom. The van der Waals surface area contributed by atoms with Crippen molar-refractivity contribution in [1.82, 2.24) is 9.78 Å². The van der Waals surface area contributed by atoms with Gasteiger partial charge < -0.3 is 0 Å². The maximum Gasteiger partial charge on any atom is 0.0775 e. The van der Waals surface area contributed by atoms with Crippen LogP contribution in [0.15, 0.2) is 48.5 Å². The lowest BCUT2D eigenvalue weighted by Gasteiger charge is -2.17. The van der Waals surface area contributed by atoms with E-state index in [1.54, 1.807) is 0 Å². The van der Waals surface area contributed by atoms with E-state index in [-0.39, 0.29) is 0 Å². The number of nitrogens with zero attached hydrogens (tertiary/aromatic N) is 2. The highest BCUT2D eigenvalue weighted by Crippen LogP contribution is 2.35. The first-order valence-corrected chi connectivity index (χ1v) is 8.86. The van der Waals surface area contributed by atoms with Gasteiger partial charge in [0.05, 0.1) is 17.1 Å². The SMILES string of the molecule is Cc1ccc(-n2nc3c(c2-c2cccc(C)c2)CCC(C)C3)cc1. The molecule has 0 saturated carbocycles. The summed E-state index contributed by atoms with van der Waals surface area (Å²) in [5.74, 6) is 0.726. The van der Waals surface area contributed by atoms with Crippen molar-refractivity contribution in [2.45, 2.75) is 40.0 Å². The van der Waals surface area contributed by atoms with Gasteiger partial charge in [-0.25, -0.2) is 4.68 Å². The minimum Gasteiger partial charge on any atom is -0.233 e. The van der Waals surface area contributed by atoms with Gasteiger partial charge in [-0.15, -0.1) is 0 Å². The fraction of sp³-hybridized carbons (Fsp3) is 0.318. The van der Waals surface area contributed by atoms with Crippen molar-refractivity contribution in [3.05, 3.63) is 70.9 Å². The highest BCUT2D eigenvalue weighted by molar-refractivity contribution is 5.68. The summed E-state index contributed by atoms with van der Waals surface area (Å²) < 4.78 is 2.16. The molecule has 0 bridgehead atoms. The Kier molecular flexibility index (Phi) is 3.76. The minimum absolute atomic E-state index is 0.726. The maximum absolute atomic E-state index is 5.02. The third-order valence-electron chi connectivity index (χ3n) is 5.07. The molecule has 0 saturated heterocycles. The molecule has 1 aliphatic rings. The second kappa shape index (κ2) is 5.94. The van der Waals surface area contributed by atoms with Crippen LogP contribution < -0.4 is 0 Å². The molecule has 2 aromatic carbocycles. The normalized spacial score (nSPS) is 16.9. The van der Waals surface area contributed by atoms with E-state index in [1.165, 1.54) is 40.1 Å². The van der Waals surface area contributed by atoms with Crippen LogP contribution in [0.1, 0.15) is 35.7 Å². The summed E-state index contributed by atoms with van der Waals surface area (Å²) in [5.41, 5.74) is 9.01. The average molecular weight is 316 g/mol. The molecular weight excluding hydrogens is 292 g/mol. The van der Waals surface area contributed by atoms with E-state index in [1.807, 2.05) is 0 Å². The molecule has 1 unspecified atom stereocenters. The number of fused-ring (bicyclic) bond motifs is 1. The molecule has 122 valence electrons. The predicted molar refractivity (Wildman–Crippen MR) is 99.7 cm³/mol. The molecule has 1 aliphatic carbocycles.